The molecule has 1 fully saturated rings. The first kappa shape index (κ1) is 16.8. The van der Waals surface area contributed by atoms with E-state index in [1.54, 1.807) is 4.90 Å². The van der Waals surface area contributed by atoms with Crippen molar-refractivity contribution in [1.82, 2.24) is 4.90 Å². The van der Waals surface area contributed by atoms with Crippen LogP contribution in [-0.2, 0) is 9.53 Å². The molecule has 0 unspecified atom stereocenters. The Balaban J connectivity index is 2.66. The number of nitrogens with two attached hydrogens (primary N) is 1. The Morgan fingerprint density at radius 2 is 1.85 bits per heavy atom. The highest BCUT2D eigenvalue weighted by atomic mass is 16.6. The molecule has 20 heavy (non-hydrogen) atoms. The predicted molar refractivity (Wildman–Crippen MR) is 75.4 cm³/mol. The molecular formula is C14H26N2O4. The van der Waals surface area contributed by atoms with E-state index in [0.29, 0.717) is 32.2 Å². The molecule has 0 saturated heterocycles. The molecule has 0 spiro atoms. The van der Waals surface area contributed by atoms with Crippen molar-refractivity contribution in [3.05, 3.63) is 0 Å². The van der Waals surface area contributed by atoms with Crippen LogP contribution in [-0.4, -0.2) is 45.8 Å². The van der Waals surface area contributed by atoms with Gasteiger partial charge in [-0.05, 0) is 53.4 Å². The molecule has 1 aliphatic carbocycles. The molecule has 3 N–H and O–H groups in total. The van der Waals surface area contributed by atoms with Crippen LogP contribution in [0, 0.1) is 0 Å². The van der Waals surface area contributed by atoms with Crippen LogP contribution in [0.3, 0.4) is 0 Å². The van der Waals surface area contributed by atoms with Gasteiger partial charge in [0.05, 0.1) is 0 Å². The van der Waals surface area contributed by atoms with Crippen LogP contribution in [0.15, 0.2) is 0 Å². The SMILES string of the molecule is CCN(C(=O)OC(C)(C)C)C1CCC(N)(C(=O)O)CC1. The summed E-state index contributed by atoms with van der Waals surface area (Å²) in [6.07, 6.45) is 1.61. The topological polar surface area (TPSA) is 92.9 Å². The maximum Gasteiger partial charge on any atom is 0.410 e. The van der Waals surface area contributed by atoms with Gasteiger partial charge >= 0.3 is 12.1 Å². The van der Waals surface area contributed by atoms with Gasteiger partial charge in [-0.3, -0.25) is 4.79 Å². The normalized spacial score (nSPS) is 26.9. The van der Waals surface area contributed by atoms with Crippen molar-refractivity contribution in [3.63, 3.8) is 0 Å². The molecule has 1 amide bonds. The molecule has 1 aliphatic rings. The number of aliphatic carboxylic acids is 1. The zero-order valence-electron chi connectivity index (χ0n) is 12.8. The first-order valence-corrected chi connectivity index (χ1v) is 7.11. The van der Waals surface area contributed by atoms with Crippen LogP contribution in [0.2, 0.25) is 0 Å². The van der Waals surface area contributed by atoms with Crippen molar-refractivity contribution in [2.24, 2.45) is 5.73 Å². The van der Waals surface area contributed by atoms with E-state index < -0.39 is 17.1 Å². The molecule has 116 valence electrons. The molecule has 0 aliphatic heterocycles. The first-order valence-electron chi connectivity index (χ1n) is 7.11. The van der Waals surface area contributed by atoms with Gasteiger partial charge in [-0.2, -0.15) is 0 Å². The summed E-state index contributed by atoms with van der Waals surface area (Å²) in [5.41, 5.74) is 4.17. The number of rotatable bonds is 3. The number of carbonyl (C=O) groups is 2. The van der Waals surface area contributed by atoms with Crippen LogP contribution < -0.4 is 5.73 Å². The Labute approximate surface area is 120 Å². The fourth-order valence-electron chi connectivity index (χ4n) is 2.50. The van der Waals surface area contributed by atoms with Gasteiger partial charge in [0.25, 0.3) is 0 Å². The Bertz CT molecular complexity index is 368. The standard InChI is InChI=1S/C14H26N2O4/c1-5-16(12(19)20-13(2,3)4)10-6-8-14(15,9-7-10)11(17)18/h10H,5-9,15H2,1-4H3,(H,17,18). The fraction of sp³-hybridized carbons (Fsp3) is 0.857. The van der Waals surface area contributed by atoms with Crippen molar-refractivity contribution >= 4 is 12.1 Å². The Morgan fingerprint density at radius 3 is 2.20 bits per heavy atom. The monoisotopic (exact) mass is 286 g/mol. The molecule has 0 radical (unpaired) electrons. The zero-order chi connectivity index (χ0) is 15.6. The molecule has 0 aromatic carbocycles. The summed E-state index contributed by atoms with van der Waals surface area (Å²) >= 11 is 0. The molecule has 0 aromatic rings. The van der Waals surface area contributed by atoms with Crippen LogP contribution in [0.1, 0.15) is 53.4 Å². The lowest BCUT2D eigenvalue weighted by atomic mass is 9.80. The van der Waals surface area contributed by atoms with Gasteiger partial charge in [0.2, 0.25) is 0 Å². The third-order valence-electron chi connectivity index (χ3n) is 3.68. The summed E-state index contributed by atoms with van der Waals surface area (Å²) in [5.74, 6) is -0.962. The Hall–Kier alpha value is -1.30. The molecule has 1 rings (SSSR count). The second-order valence-electron chi connectivity index (χ2n) is 6.46. The van der Waals surface area contributed by atoms with Gasteiger partial charge < -0.3 is 20.5 Å². The molecular weight excluding hydrogens is 260 g/mol. The lowest BCUT2D eigenvalue weighted by Gasteiger charge is -2.39. The number of ether oxygens (including phenoxy) is 1. The van der Waals surface area contributed by atoms with E-state index in [2.05, 4.69) is 0 Å². The van der Waals surface area contributed by atoms with Crippen molar-refractivity contribution in [2.45, 2.75) is 70.6 Å². The second kappa shape index (κ2) is 5.99. The molecule has 1 saturated carbocycles. The zero-order valence-corrected chi connectivity index (χ0v) is 12.8. The molecule has 0 bridgehead atoms. The van der Waals surface area contributed by atoms with Gasteiger partial charge in [-0.25, -0.2) is 4.79 Å². The van der Waals surface area contributed by atoms with E-state index in [9.17, 15) is 9.59 Å². The highest BCUT2D eigenvalue weighted by molar-refractivity contribution is 5.78. The molecule has 0 atom stereocenters. The summed E-state index contributed by atoms with van der Waals surface area (Å²) in [4.78, 5) is 24.9. The van der Waals surface area contributed by atoms with E-state index >= 15 is 0 Å². The van der Waals surface area contributed by atoms with Gasteiger partial charge in [-0.1, -0.05) is 0 Å². The minimum absolute atomic E-state index is 0.00544. The average molecular weight is 286 g/mol. The Kier molecular flexibility index (Phi) is 5.02. The van der Waals surface area contributed by atoms with Crippen LogP contribution in [0.5, 0.6) is 0 Å². The van der Waals surface area contributed by atoms with E-state index in [1.165, 1.54) is 0 Å². The quantitative estimate of drug-likeness (QED) is 0.827. The lowest BCUT2D eigenvalue weighted by molar-refractivity contribution is -0.145. The van der Waals surface area contributed by atoms with Gasteiger partial charge in [-0.15, -0.1) is 0 Å². The Morgan fingerprint density at radius 1 is 1.35 bits per heavy atom. The number of hydrogen-bond acceptors (Lipinski definition) is 4. The summed E-state index contributed by atoms with van der Waals surface area (Å²) in [6, 6.07) is 0.00544. The summed E-state index contributed by atoms with van der Waals surface area (Å²) in [5, 5.41) is 9.11. The number of carboxylic acid groups (broad SMARTS) is 1. The number of nitrogens with zero attached hydrogens (tertiary/aromatic N) is 1. The second-order valence-corrected chi connectivity index (χ2v) is 6.46. The molecule has 6 nitrogen and oxygen atoms in total. The van der Waals surface area contributed by atoms with Crippen molar-refractivity contribution in [1.29, 1.82) is 0 Å². The molecule has 0 aromatic heterocycles. The predicted octanol–water partition coefficient (Wildman–Crippen LogP) is 1.97. The maximum atomic E-state index is 12.1. The van der Waals surface area contributed by atoms with Crippen molar-refractivity contribution < 1.29 is 19.4 Å². The van der Waals surface area contributed by atoms with E-state index in [1.807, 2.05) is 27.7 Å². The highest BCUT2D eigenvalue weighted by Gasteiger charge is 2.40. The largest absolute Gasteiger partial charge is 0.480 e. The third kappa shape index (κ3) is 4.10. The van der Waals surface area contributed by atoms with E-state index in [0.717, 1.165) is 0 Å². The molecule has 6 heteroatoms. The summed E-state index contributed by atoms with van der Waals surface area (Å²) in [6.45, 7) is 7.93. The van der Waals surface area contributed by atoms with E-state index in [-0.39, 0.29) is 12.1 Å². The lowest BCUT2D eigenvalue weighted by Crippen LogP contribution is -2.54. The van der Waals surface area contributed by atoms with Crippen molar-refractivity contribution in [2.75, 3.05) is 6.54 Å². The van der Waals surface area contributed by atoms with Gasteiger partial charge in [0.1, 0.15) is 11.1 Å². The van der Waals surface area contributed by atoms with Crippen LogP contribution in [0.4, 0.5) is 4.79 Å². The maximum absolute atomic E-state index is 12.1. The van der Waals surface area contributed by atoms with Crippen LogP contribution >= 0.6 is 0 Å². The number of carbonyl (C=O) groups excluding carboxylic acids is 1. The molecule has 0 heterocycles. The van der Waals surface area contributed by atoms with E-state index in [4.69, 9.17) is 15.6 Å². The third-order valence-corrected chi connectivity index (χ3v) is 3.68. The average Bonchev–Trinajstić information content (AvgIpc) is 2.30. The number of carboxylic acids is 1. The van der Waals surface area contributed by atoms with Crippen molar-refractivity contribution in [3.8, 4) is 0 Å². The summed E-state index contributed by atoms with van der Waals surface area (Å²) in [7, 11) is 0. The number of hydrogen-bond donors (Lipinski definition) is 2. The van der Waals surface area contributed by atoms with Crippen LogP contribution in [0.25, 0.3) is 0 Å². The smallest absolute Gasteiger partial charge is 0.410 e. The minimum atomic E-state index is -1.15. The highest BCUT2D eigenvalue weighted by Crippen LogP contribution is 2.30. The van der Waals surface area contributed by atoms with Gasteiger partial charge in [0, 0.05) is 12.6 Å². The summed E-state index contributed by atoms with van der Waals surface area (Å²) < 4.78 is 5.38. The van der Waals surface area contributed by atoms with Gasteiger partial charge in [0.15, 0.2) is 0 Å². The number of amides is 1. The minimum Gasteiger partial charge on any atom is -0.480 e. The fourth-order valence-corrected chi connectivity index (χ4v) is 2.50. The first-order chi connectivity index (χ1) is 9.09.